The number of carbonyl (C=O) groups excluding carboxylic acids is 1. The van der Waals surface area contributed by atoms with Crippen LogP contribution in [0, 0.1) is 13.8 Å². The molecular formula is C20H28N4O3S. The average molecular weight is 405 g/mol. The fourth-order valence-corrected chi connectivity index (χ4v) is 5.39. The second kappa shape index (κ2) is 8.05. The molecule has 0 spiro atoms. The van der Waals surface area contributed by atoms with E-state index in [4.69, 9.17) is 0 Å². The minimum absolute atomic E-state index is 0.120. The van der Waals surface area contributed by atoms with Gasteiger partial charge in [-0.1, -0.05) is 25.8 Å². The largest absolute Gasteiger partial charge is 0.343 e. The first-order valence-corrected chi connectivity index (χ1v) is 11.1. The standard InChI is InChI=1S/C20H28N4O3S/c1-5-6-7-19-20(25)23(4)10-11-24(19)28(26,27)16-8-9-17(14(2)12-16)18-13-21-22-15(18)3/h8-9,12-13,19H,5-7,10-11H2,1-4H3,(H,21,22). The number of nitrogens with one attached hydrogen (secondary N) is 1. The first-order valence-electron chi connectivity index (χ1n) is 9.65. The van der Waals surface area contributed by atoms with Gasteiger partial charge in [-0.2, -0.15) is 9.40 Å². The van der Waals surface area contributed by atoms with Crippen LogP contribution >= 0.6 is 0 Å². The summed E-state index contributed by atoms with van der Waals surface area (Å²) < 4.78 is 28.1. The third-order valence-electron chi connectivity index (χ3n) is 5.42. The Hall–Kier alpha value is -2.19. The predicted octanol–water partition coefficient (Wildman–Crippen LogP) is 2.72. The zero-order valence-corrected chi connectivity index (χ0v) is 17.7. The number of nitrogens with zero attached hydrogens (tertiary/aromatic N) is 3. The lowest BCUT2D eigenvalue weighted by Crippen LogP contribution is -2.57. The molecule has 0 bridgehead atoms. The van der Waals surface area contributed by atoms with Gasteiger partial charge in [-0.25, -0.2) is 8.42 Å². The normalized spacial score (nSPS) is 18.6. The van der Waals surface area contributed by atoms with Gasteiger partial charge in [0.15, 0.2) is 0 Å². The van der Waals surface area contributed by atoms with E-state index in [0.29, 0.717) is 19.5 Å². The van der Waals surface area contributed by atoms with Gasteiger partial charge >= 0.3 is 0 Å². The molecule has 28 heavy (non-hydrogen) atoms. The van der Waals surface area contributed by atoms with Crippen molar-refractivity contribution in [1.29, 1.82) is 0 Å². The average Bonchev–Trinajstić information content (AvgIpc) is 3.08. The number of sulfonamides is 1. The van der Waals surface area contributed by atoms with Crippen molar-refractivity contribution in [2.75, 3.05) is 20.1 Å². The first-order chi connectivity index (χ1) is 13.3. The molecule has 1 aromatic carbocycles. The van der Waals surface area contributed by atoms with Crippen LogP contribution in [-0.4, -0.2) is 59.9 Å². The van der Waals surface area contributed by atoms with Crippen molar-refractivity contribution >= 4 is 15.9 Å². The maximum atomic E-state index is 13.4. The Bertz CT molecular complexity index is 968. The van der Waals surface area contributed by atoms with Gasteiger partial charge in [0.05, 0.1) is 11.1 Å². The molecule has 152 valence electrons. The predicted molar refractivity (Wildman–Crippen MR) is 108 cm³/mol. The van der Waals surface area contributed by atoms with Gasteiger partial charge in [-0.3, -0.25) is 9.89 Å². The number of aromatic amines is 1. The van der Waals surface area contributed by atoms with E-state index in [1.165, 1.54) is 4.31 Å². The van der Waals surface area contributed by atoms with E-state index >= 15 is 0 Å². The van der Waals surface area contributed by atoms with Gasteiger partial charge in [0, 0.05) is 31.4 Å². The van der Waals surface area contributed by atoms with Gasteiger partial charge < -0.3 is 4.90 Å². The van der Waals surface area contributed by atoms with E-state index in [9.17, 15) is 13.2 Å². The maximum absolute atomic E-state index is 13.4. The van der Waals surface area contributed by atoms with Crippen molar-refractivity contribution in [2.45, 2.75) is 51.0 Å². The molecule has 8 heteroatoms. The molecule has 1 aliphatic heterocycles. The Morgan fingerprint density at radius 2 is 1.96 bits per heavy atom. The van der Waals surface area contributed by atoms with E-state index in [2.05, 4.69) is 10.2 Å². The summed E-state index contributed by atoms with van der Waals surface area (Å²) in [6.45, 7) is 6.59. The number of aromatic nitrogens is 2. The van der Waals surface area contributed by atoms with Gasteiger partial charge in [0.25, 0.3) is 0 Å². The molecule has 1 saturated heterocycles. The Balaban J connectivity index is 1.96. The summed E-state index contributed by atoms with van der Waals surface area (Å²) in [5, 5.41) is 6.95. The van der Waals surface area contributed by atoms with Crippen molar-refractivity contribution in [3.05, 3.63) is 35.7 Å². The monoisotopic (exact) mass is 404 g/mol. The fourth-order valence-electron chi connectivity index (χ4n) is 3.70. The number of benzene rings is 1. The molecule has 0 aliphatic carbocycles. The Labute approximate surface area is 166 Å². The molecule has 1 unspecified atom stereocenters. The molecule has 2 aromatic rings. The van der Waals surface area contributed by atoms with E-state index < -0.39 is 16.1 Å². The van der Waals surface area contributed by atoms with Crippen LogP contribution in [0.25, 0.3) is 11.1 Å². The third kappa shape index (κ3) is 3.71. The van der Waals surface area contributed by atoms with Crippen LogP contribution in [-0.2, 0) is 14.8 Å². The zero-order chi connectivity index (χ0) is 20.5. The summed E-state index contributed by atoms with van der Waals surface area (Å²) in [5.41, 5.74) is 3.69. The molecule has 3 rings (SSSR count). The zero-order valence-electron chi connectivity index (χ0n) is 16.9. The summed E-state index contributed by atoms with van der Waals surface area (Å²) in [7, 11) is -2.02. The maximum Gasteiger partial charge on any atom is 0.243 e. The number of unbranched alkanes of at least 4 members (excludes halogenated alkanes) is 1. The van der Waals surface area contributed by atoms with Gasteiger partial charge in [-0.05, 0) is 43.5 Å². The van der Waals surface area contributed by atoms with Crippen molar-refractivity contribution < 1.29 is 13.2 Å². The van der Waals surface area contributed by atoms with Crippen molar-refractivity contribution in [1.82, 2.24) is 19.4 Å². The number of likely N-dealkylation sites (N-methyl/N-ethyl adjacent to an activating group) is 1. The van der Waals surface area contributed by atoms with Crippen LogP contribution < -0.4 is 0 Å². The van der Waals surface area contributed by atoms with E-state index in [1.807, 2.05) is 26.8 Å². The summed E-state index contributed by atoms with van der Waals surface area (Å²) >= 11 is 0. The highest BCUT2D eigenvalue weighted by atomic mass is 32.2. The number of piperazine rings is 1. The van der Waals surface area contributed by atoms with Crippen LogP contribution in [0.2, 0.25) is 0 Å². The summed E-state index contributed by atoms with van der Waals surface area (Å²) in [5.74, 6) is -0.120. The highest BCUT2D eigenvalue weighted by Crippen LogP contribution is 2.30. The molecule has 0 radical (unpaired) electrons. The fraction of sp³-hybridized carbons (Fsp3) is 0.500. The highest BCUT2D eigenvalue weighted by molar-refractivity contribution is 7.89. The number of hydrogen-bond acceptors (Lipinski definition) is 4. The van der Waals surface area contributed by atoms with E-state index in [0.717, 1.165) is 35.2 Å². The van der Waals surface area contributed by atoms with Crippen LogP contribution in [0.1, 0.15) is 37.4 Å². The number of rotatable bonds is 6. The van der Waals surface area contributed by atoms with Gasteiger partial charge in [0.1, 0.15) is 6.04 Å². The number of amides is 1. The Morgan fingerprint density at radius 1 is 1.21 bits per heavy atom. The molecule has 1 fully saturated rings. The smallest absolute Gasteiger partial charge is 0.243 e. The Kier molecular flexibility index (Phi) is 5.90. The van der Waals surface area contributed by atoms with Crippen LogP contribution in [0.4, 0.5) is 0 Å². The van der Waals surface area contributed by atoms with Crippen LogP contribution in [0.5, 0.6) is 0 Å². The number of hydrogen-bond donors (Lipinski definition) is 1. The molecule has 0 saturated carbocycles. The molecular weight excluding hydrogens is 376 g/mol. The summed E-state index contributed by atoms with van der Waals surface area (Å²) in [4.78, 5) is 14.5. The molecule has 1 amide bonds. The highest BCUT2D eigenvalue weighted by Gasteiger charge is 2.40. The lowest BCUT2D eigenvalue weighted by Gasteiger charge is -2.38. The SMILES string of the molecule is CCCCC1C(=O)N(C)CCN1S(=O)(=O)c1ccc(-c2cn[nH]c2C)c(C)c1. The second-order valence-electron chi connectivity index (χ2n) is 7.42. The lowest BCUT2D eigenvalue weighted by atomic mass is 10.0. The molecule has 1 aliphatic rings. The van der Waals surface area contributed by atoms with Gasteiger partial charge in [0.2, 0.25) is 15.9 Å². The minimum atomic E-state index is -3.75. The van der Waals surface area contributed by atoms with Crippen LogP contribution in [0.15, 0.2) is 29.3 Å². The van der Waals surface area contributed by atoms with Crippen molar-refractivity contribution in [2.24, 2.45) is 0 Å². The van der Waals surface area contributed by atoms with Crippen molar-refractivity contribution in [3.8, 4) is 11.1 Å². The third-order valence-corrected chi connectivity index (χ3v) is 7.32. The Morgan fingerprint density at radius 3 is 2.57 bits per heavy atom. The lowest BCUT2D eigenvalue weighted by molar-refractivity contribution is -0.137. The van der Waals surface area contributed by atoms with Crippen molar-refractivity contribution in [3.63, 3.8) is 0 Å². The van der Waals surface area contributed by atoms with Crippen LogP contribution in [0.3, 0.4) is 0 Å². The second-order valence-corrected chi connectivity index (χ2v) is 9.31. The van der Waals surface area contributed by atoms with E-state index in [-0.39, 0.29) is 10.8 Å². The molecule has 2 heterocycles. The van der Waals surface area contributed by atoms with Gasteiger partial charge in [-0.15, -0.1) is 0 Å². The molecule has 1 aromatic heterocycles. The molecule has 1 N–H and O–H groups in total. The topological polar surface area (TPSA) is 86.4 Å². The first kappa shape index (κ1) is 20.5. The number of H-pyrrole nitrogens is 1. The quantitative estimate of drug-likeness (QED) is 0.802. The summed E-state index contributed by atoms with van der Waals surface area (Å²) in [6, 6.07) is 4.51. The molecule has 7 nitrogen and oxygen atoms in total. The number of aryl methyl sites for hydroxylation is 2. The molecule has 1 atom stereocenters. The van der Waals surface area contributed by atoms with E-state index in [1.54, 1.807) is 30.3 Å². The summed E-state index contributed by atoms with van der Waals surface area (Å²) in [6.07, 6.45) is 4.02. The minimum Gasteiger partial charge on any atom is -0.343 e. The number of carbonyl (C=O) groups is 1.